The van der Waals surface area contributed by atoms with Crippen molar-refractivity contribution in [1.82, 2.24) is 0 Å². The zero-order valence-corrected chi connectivity index (χ0v) is 9.91. The van der Waals surface area contributed by atoms with Crippen molar-refractivity contribution in [1.29, 1.82) is 0 Å². The minimum atomic E-state index is 0.0169. The van der Waals surface area contributed by atoms with Crippen LogP contribution in [0.2, 0.25) is 0 Å². The summed E-state index contributed by atoms with van der Waals surface area (Å²) in [5.74, 6) is 1.35. The Labute approximate surface area is 100.0 Å². The second-order valence-electron chi connectivity index (χ2n) is 3.58. The van der Waals surface area contributed by atoms with E-state index < -0.39 is 0 Å². The molecule has 1 aromatic carbocycles. The highest BCUT2D eigenvalue weighted by Crippen LogP contribution is 2.19. The van der Waals surface area contributed by atoms with Crippen molar-refractivity contribution in [2.75, 3.05) is 12.5 Å². The summed E-state index contributed by atoms with van der Waals surface area (Å²) in [7, 11) is 0. The van der Waals surface area contributed by atoms with Crippen LogP contribution >= 0.6 is 11.6 Å². The van der Waals surface area contributed by atoms with Gasteiger partial charge in [-0.1, -0.05) is 5.16 Å². The lowest BCUT2D eigenvalue weighted by molar-refractivity contribution is 0.102. The number of hydrogen-bond donors (Lipinski definition) is 0. The van der Waals surface area contributed by atoms with Crippen molar-refractivity contribution in [2.24, 2.45) is 5.16 Å². The summed E-state index contributed by atoms with van der Waals surface area (Å²) in [5.41, 5.74) is 2.02. The highest BCUT2D eigenvalue weighted by atomic mass is 35.5. The number of rotatable bonds is 4. The molecule has 0 saturated carbocycles. The summed E-state index contributed by atoms with van der Waals surface area (Å²) in [6.45, 7) is 2.64. The molecular weight excluding hydrogens is 226 g/mol. The second kappa shape index (κ2) is 5.21. The molecule has 0 fully saturated rings. The van der Waals surface area contributed by atoms with Gasteiger partial charge in [0.15, 0.2) is 0 Å². The van der Waals surface area contributed by atoms with Crippen LogP contribution in [0, 0.1) is 0 Å². The third-order valence-corrected chi connectivity index (χ3v) is 2.75. The molecule has 1 unspecified atom stereocenters. The number of oxime groups is 1. The first-order valence-corrected chi connectivity index (χ1v) is 5.88. The van der Waals surface area contributed by atoms with Gasteiger partial charge < -0.3 is 9.57 Å². The van der Waals surface area contributed by atoms with Crippen LogP contribution in [0.1, 0.15) is 18.9 Å². The molecular formula is C12H14ClNO2. The van der Waals surface area contributed by atoms with E-state index in [0.717, 1.165) is 23.4 Å². The zero-order valence-electron chi connectivity index (χ0n) is 9.15. The van der Waals surface area contributed by atoms with Gasteiger partial charge in [0.2, 0.25) is 0 Å². The molecule has 1 aliphatic rings. The van der Waals surface area contributed by atoms with Crippen molar-refractivity contribution >= 4 is 17.3 Å². The van der Waals surface area contributed by atoms with E-state index in [4.69, 9.17) is 21.2 Å². The molecule has 1 aliphatic heterocycles. The van der Waals surface area contributed by atoms with E-state index in [1.807, 2.05) is 31.2 Å². The molecule has 1 aromatic rings. The highest BCUT2D eigenvalue weighted by molar-refractivity contribution is 6.18. The standard InChI is InChI=1S/C12H14ClNO2/c1-2-15-10-5-3-9(4-6-10)12-7-11(8-13)16-14-12/h3-6,11H,2,7-8H2,1H3. The van der Waals surface area contributed by atoms with Gasteiger partial charge in [-0.15, -0.1) is 11.6 Å². The molecule has 1 heterocycles. The van der Waals surface area contributed by atoms with Gasteiger partial charge in [0.25, 0.3) is 0 Å². The quantitative estimate of drug-likeness (QED) is 0.757. The fourth-order valence-corrected chi connectivity index (χ4v) is 1.76. The van der Waals surface area contributed by atoms with Crippen LogP contribution in [0.5, 0.6) is 5.75 Å². The Balaban J connectivity index is 2.05. The van der Waals surface area contributed by atoms with Crippen LogP contribution in [0.25, 0.3) is 0 Å². The van der Waals surface area contributed by atoms with Crippen molar-refractivity contribution in [3.63, 3.8) is 0 Å². The summed E-state index contributed by atoms with van der Waals surface area (Å²) >= 11 is 5.71. The van der Waals surface area contributed by atoms with Crippen LogP contribution in [-0.2, 0) is 4.84 Å². The van der Waals surface area contributed by atoms with Crippen molar-refractivity contribution < 1.29 is 9.57 Å². The Morgan fingerprint density at radius 1 is 1.44 bits per heavy atom. The van der Waals surface area contributed by atoms with E-state index in [1.165, 1.54) is 0 Å². The van der Waals surface area contributed by atoms with E-state index in [-0.39, 0.29) is 6.10 Å². The van der Waals surface area contributed by atoms with E-state index >= 15 is 0 Å². The monoisotopic (exact) mass is 239 g/mol. The number of benzene rings is 1. The molecule has 0 N–H and O–H groups in total. The molecule has 0 saturated heterocycles. The van der Waals surface area contributed by atoms with Gasteiger partial charge >= 0.3 is 0 Å². The van der Waals surface area contributed by atoms with Crippen LogP contribution < -0.4 is 4.74 Å². The molecule has 0 aliphatic carbocycles. The minimum absolute atomic E-state index is 0.0169. The van der Waals surface area contributed by atoms with Crippen LogP contribution in [0.15, 0.2) is 29.4 Å². The first-order valence-electron chi connectivity index (χ1n) is 5.35. The molecule has 0 spiro atoms. The summed E-state index contributed by atoms with van der Waals surface area (Å²) in [4.78, 5) is 5.17. The maximum Gasteiger partial charge on any atom is 0.146 e. The molecule has 86 valence electrons. The fourth-order valence-electron chi connectivity index (χ4n) is 1.59. The average molecular weight is 240 g/mol. The van der Waals surface area contributed by atoms with E-state index in [2.05, 4.69) is 5.16 Å². The van der Waals surface area contributed by atoms with E-state index in [0.29, 0.717) is 12.5 Å². The normalized spacial score (nSPS) is 19.1. The van der Waals surface area contributed by atoms with Crippen molar-refractivity contribution in [2.45, 2.75) is 19.4 Å². The number of hydrogen-bond acceptors (Lipinski definition) is 3. The molecule has 3 nitrogen and oxygen atoms in total. The largest absolute Gasteiger partial charge is 0.494 e. The summed E-state index contributed by atoms with van der Waals surface area (Å²) in [6.07, 6.45) is 0.792. The lowest BCUT2D eigenvalue weighted by Crippen LogP contribution is -2.09. The Morgan fingerprint density at radius 2 is 2.19 bits per heavy atom. The highest BCUT2D eigenvalue weighted by Gasteiger charge is 2.20. The van der Waals surface area contributed by atoms with Gasteiger partial charge in [-0.2, -0.15) is 0 Å². The topological polar surface area (TPSA) is 30.8 Å². The van der Waals surface area contributed by atoms with Gasteiger partial charge in [-0.05, 0) is 36.8 Å². The number of halogens is 1. The zero-order chi connectivity index (χ0) is 11.4. The molecule has 2 rings (SSSR count). The van der Waals surface area contributed by atoms with Crippen LogP contribution in [0.4, 0.5) is 0 Å². The molecule has 0 aromatic heterocycles. The smallest absolute Gasteiger partial charge is 0.146 e. The van der Waals surface area contributed by atoms with Gasteiger partial charge in [0.05, 0.1) is 18.2 Å². The van der Waals surface area contributed by atoms with E-state index in [1.54, 1.807) is 0 Å². The SMILES string of the molecule is CCOc1ccc(C2=NOC(CCl)C2)cc1. The minimum Gasteiger partial charge on any atom is -0.494 e. The van der Waals surface area contributed by atoms with Crippen molar-refractivity contribution in [3.8, 4) is 5.75 Å². The third-order valence-electron chi connectivity index (χ3n) is 2.40. The van der Waals surface area contributed by atoms with Gasteiger partial charge in [-0.3, -0.25) is 0 Å². The molecule has 16 heavy (non-hydrogen) atoms. The molecule has 0 bridgehead atoms. The molecule has 4 heteroatoms. The Kier molecular flexibility index (Phi) is 3.67. The van der Waals surface area contributed by atoms with Crippen LogP contribution in [-0.4, -0.2) is 24.3 Å². The van der Waals surface area contributed by atoms with Gasteiger partial charge in [0.1, 0.15) is 11.9 Å². The number of nitrogens with zero attached hydrogens (tertiary/aromatic N) is 1. The van der Waals surface area contributed by atoms with Gasteiger partial charge in [0, 0.05) is 6.42 Å². The molecule has 1 atom stereocenters. The maximum atomic E-state index is 5.71. The summed E-state index contributed by atoms with van der Waals surface area (Å²) in [6, 6.07) is 7.86. The fraction of sp³-hybridized carbons (Fsp3) is 0.417. The Bertz CT molecular complexity index is 375. The number of ether oxygens (including phenoxy) is 1. The van der Waals surface area contributed by atoms with Crippen molar-refractivity contribution in [3.05, 3.63) is 29.8 Å². The first kappa shape index (κ1) is 11.3. The second-order valence-corrected chi connectivity index (χ2v) is 3.89. The predicted octanol–water partition coefficient (Wildman–Crippen LogP) is 2.82. The lowest BCUT2D eigenvalue weighted by Gasteiger charge is -2.04. The lowest BCUT2D eigenvalue weighted by atomic mass is 10.1. The van der Waals surface area contributed by atoms with Crippen LogP contribution in [0.3, 0.4) is 0 Å². The third kappa shape index (κ3) is 2.47. The van der Waals surface area contributed by atoms with E-state index in [9.17, 15) is 0 Å². The molecule has 0 radical (unpaired) electrons. The predicted molar refractivity (Wildman–Crippen MR) is 64.4 cm³/mol. The van der Waals surface area contributed by atoms with Gasteiger partial charge in [-0.25, -0.2) is 0 Å². The molecule has 0 amide bonds. The summed E-state index contributed by atoms with van der Waals surface area (Å²) < 4.78 is 5.37. The number of alkyl halides is 1. The summed E-state index contributed by atoms with van der Waals surface area (Å²) in [5, 5.41) is 4.03. The average Bonchev–Trinajstić information content (AvgIpc) is 2.79. The Morgan fingerprint density at radius 3 is 2.75 bits per heavy atom. The Hall–Kier alpha value is -1.22. The maximum absolute atomic E-state index is 5.71. The first-order chi connectivity index (χ1) is 7.83.